The zero-order valence-electron chi connectivity index (χ0n) is 13.2. The summed E-state index contributed by atoms with van der Waals surface area (Å²) in [6.45, 7) is 2.57. The molecule has 0 atom stereocenters. The van der Waals surface area contributed by atoms with E-state index in [1.807, 2.05) is 31.2 Å². The number of rotatable bonds is 5. The van der Waals surface area contributed by atoms with Crippen LogP contribution >= 0.6 is 35.4 Å². The van der Waals surface area contributed by atoms with Gasteiger partial charge in [-0.15, -0.1) is 0 Å². The standard InChI is InChI=1S/C17H14Cl2N4OS/c1-2-24-13-6-3-11(4-7-13)10-20-23-16(21-22-17(23)25)14-8-5-12(18)9-15(14)19/h3-10H,2H2,1H3,(H,22,25)/b20-10-. The Morgan fingerprint density at radius 1 is 1.24 bits per heavy atom. The van der Waals surface area contributed by atoms with E-state index in [1.165, 1.54) is 4.68 Å². The van der Waals surface area contributed by atoms with Gasteiger partial charge in [0.1, 0.15) is 5.75 Å². The van der Waals surface area contributed by atoms with Crippen molar-refractivity contribution in [3.8, 4) is 17.1 Å². The highest BCUT2D eigenvalue weighted by atomic mass is 35.5. The van der Waals surface area contributed by atoms with Gasteiger partial charge in [-0.1, -0.05) is 23.2 Å². The molecule has 0 spiro atoms. The number of halogens is 2. The first-order valence-corrected chi connectivity index (χ1v) is 8.65. The largest absolute Gasteiger partial charge is 0.494 e. The zero-order chi connectivity index (χ0) is 17.8. The molecule has 0 amide bonds. The van der Waals surface area contributed by atoms with E-state index in [0.717, 1.165) is 11.3 Å². The number of hydrogen-bond donors (Lipinski definition) is 1. The molecule has 5 nitrogen and oxygen atoms in total. The van der Waals surface area contributed by atoms with Crippen molar-refractivity contribution in [2.75, 3.05) is 6.61 Å². The molecule has 1 N–H and O–H groups in total. The number of benzene rings is 2. The van der Waals surface area contributed by atoms with Gasteiger partial charge in [-0.25, -0.2) is 5.10 Å². The van der Waals surface area contributed by atoms with Gasteiger partial charge in [0.25, 0.3) is 0 Å². The van der Waals surface area contributed by atoms with Gasteiger partial charge in [0.15, 0.2) is 5.82 Å². The van der Waals surface area contributed by atoms with Crippen molar-refractivity contribution in [2.45, 2.75) is 6.92 Å². The summed E-state index contributed by atoms with van der Waals surface area (Å²) in [4.78, 5) is 0. The van der Waals surface area contributed by atoms with E-state index >= 15 is 0 Å². The van der Waals surface area contributed by atoms with Crippen molar-refractivity contribution in [2.24, 2.45) is 5.10 Å². The zero-order valence-corrected chi connectivity index (χ0v) is 15.6. The second-order valence-corrected chi connectivity index (χ2v) is 6.27. The lowest BCUT2D eigenvalue weighted by molar-refractivity contribution is 0.340. The minimum absolute atomic E-state index is 0.364. The molecule has 128 valence electrons. The van der Waals surface area contributed by atoms with Crippen molar-refractivity contribution < 1.29 is 4.74 Å². The highest BCUT2D eigenvalue weighted by molar-refractivity contribution is 7.71. The highest BCUT2D eigenvalue weighted by Gasteiger charge is 2.12. The lowest BCUT2D eigenvalue weighted by Gasteiger charge is -2.04. The van der Waals surface area contributed by atoms with Crippen LogP contribution in [0, 0.1) is 4.77 Å². The molecule has 1 heterocycles. The molecule has 0 radical (unpaired) electrons. The van der Waals surface area contributed by atoms with Crippen LogP contribution in [-0.2, 0) is 0 Å². The summed E-state index contributed by atoms with van der Waals surface area (Å²) in [5.74, 6) is 1.32. The van der Waals surface area contributed by atoms with Gasteiger partial charge in [-0.05, 0) is 67.2 Å². The molecule has 0 aliphatic rings. The molecule has 0 aliphatic carbocycles. The summed E-state index contributed by atoms with van der Waals surface area (Å²) in [5, 5.41) is 12.4. The molecule has 0 aliphatic heterocycles. The summed E-state index contributed by atoms with van der Waals surface area (Å²) in [6.07, 6.45) is 1.69. The van der Waals surface area contributed by atoms with Crippen LogP contribution in [0.25, 0.3) is 11.4 Å². The van der Waals surface area contributed by atoms with Gasteiger partial charge in [0.2, 0.25) is 4.77 Å². The Labute approximate surface area is 159 Å². The number of ether oxygens (including phenoxy) is 1. The Morgan fingerprint density at radius 2 is 2.00 bits per heavy atom. The first-order chi connectivity index (χ1) is 12.1. The van der Waals surface area contributed by atoms with Crippen LogP contribution in [0.5, 0.6) is 5.75 Å². The first kappa shape index (κ1) is 17.7. The van der Waals surface area contributed by atoms with Gasteiger partial charge >= 0.3 is 0 Å². The van der Waals surface area contributed by atoms with E-state index in [9.17, 15) is 0 Å². The first-order valence-electron chi connectivity index (χ1n) is 7.48. The molecule has 3 rings (SSSR count). The molecule has 0 fully saturated rings. The molecular weight excluding hydrogens is 379 g/mol. The maximum Gasteiger partial charge on any atom is 0.216 e. The molecule has 0 unspecified atom stereocenters. The summed E-state index contributed by atoms with van der Waals surface area (Å²) in [5.41, 5.74) is 1.59. The molecule has 25 heavy (non-hydrogen) atoms. The molecule has 0 bridgehead atoms. The molecule has 0 saturated heterocycles. The Balaban J connectivity index is 1.93. The van der Waals surface area contributed by atoms with Crippen LogP contribution in [0.3, 0.4) is 0 Å². The van der Waals surface area contributed by atoms with E-state index in [-0.39, 0.29) is 0 Å². The summed E-state index contributed by atoms with van der Waals surface area (Å²) < 4.78 is 7.30. The van der Waals surface area contributed by atoms with E-state index in [2.05, 4.69) is 15.3 Å². The van der Waals surface area contributed by atoms with Crippen molar-refractivity contribution in [1.82, 2.24) is 14.9 Å². The third-order valence-electron chi connectivity index (χ3n) is 3.34. The van der Waals surface area contributed by atoms with Crippen LogP contribution in [0.2, 0.25) is 10.0 Å². The minimum atomic E-state index is 0.364. The van der Waals surface area contributed by atoms with Gasteiger partial charge in [-0.2, -0.15) is 14.9 Å². The molecule has 1 aromatic heterocycles. The number of hydrogen-bond acceptors (Lipinski definition) is 4. The average Bonchev–Trinajstić information content (AvgIpc) is 2.95. The Morgan fingerprint density at radius 3 is 2.68 bits per heavy atom. The predicted molar refractivity (Wildman–Crippen MR) is 103 cm³/mol. The SMILES string of the molecule is CCOc1ccc(/C=N\n2c(-c3ccc(Cl)cc3Cl)n[nH]c2=S)cc1. The fourth-order valence-corrected chi connectivity index (χ4v) is 2.86. The van der Waals surface area contributed by atoms with Gasteiger partial charge in [0.05, 0.1) is 17.8 Å². The monoisotopic (exact) mass is 392 g/mol. The van der Waals surface area contributed by atoms with Crippen molar-refractivity contribution in [3.63, 3.8) is 0 Å². The number of H-pyrrole nitrogens is 1. The van der Waals surface area contributed by atoms with Crippen molar-refractivity contribution in [3.05, 3.63) is 62.8 Å². The predicted octanol–water partition coefficient (Wildman–Crippen LogP) is 5.20. The Bertz CT molecular complexity index is 964. The quantitative estimate of drug-likeness (QED) is 0.479. The van der Waals surface area contributed by atoms with Crippen LogP contribution in [0.4, 0.5) is 0 Å². The van der Waals surface area contributed by atoms with Crippen LogP contribution in [0.1, 0.15) is 12.5 Å². The summed E-state index contributed by atoms with van der Waals surface area (Å²) in [6, 6.07) is 12.8. The van der Waals surface area contributed by atoms with E-state index in [0.29, 0.717) is 32.8 Å². The maximum absolute atomic E-state index is 6.26. The molecule has 8 heteroatoms. The smallest absolute Gasteiger partial charge is 0.216 e. The Kier molecular flexibility index (Phi) is 5.53. The normalized spacial score (nSPS) is 11.2. The second-order valence-electron chi connectivity index (χ2n) is 5.03. The van der Waals surface area contributed by atoms with Gasteiger partial charge in [-0.3, -0.25) is 0 Å². The topological polar surface area (TPSA) is 55.2 Å². The van der Waals surface area contributed by atoms with Crippen LogP contribution in [-0.4, -0.2) is 27.7 Å². The number of nitrogens with zero attached hydrogens (tertiary/aromatic N) is 3. The lowest BCUT2D eigenvalue weighted by Crippen LogP contribution is -1.96. The van der Waals surface area contributed by atoms with E-state index in [4.69, 9.17) is 40.2 Å². The third kappa shape index (κ3) is 4.10. The summed E-state index contributed by atoms with van der Waals surface area (Å²) in [7, 11) is 0. The van der Waals surface area contributed by atoms with E-state index < -0.39 is 0 Å². The van der Waals surface area contributed by atoms with Crippen molar-refractivity contribution >= 4 is 41.6 Å². The van der Waals surface area contributed by atoms with Gasteiger partial charge in [0, 0.05) is 10.6 Å². The number of nitrogens with one attached hydrogen (secondary N) is 1. The fraction of sp³-hybridized carbons (Fsp3) is 0.118. The lowest BCUT2D eigenvalue weighted by atomic mass is 10.2. The molecule has 0 saturated carbocycles. The Hall–Kier alpha value is -2.15. The maximum atomic E-state index is 6.26. The summed E-state index contributed by atoms with van der Waals surface area (Å²) >= 11 is 17.5. The van der Waals surface area contributed by atoms with Crippen LogP contribution < -0.4 is 4.74 Å². The van der Waals surface area contributed by atoms with Crippen molar-refractivity contribution in [1.29, 1.82) is 0 Å². The minimum Gasteiger partial charge on any atom is -0.494 e. The highest BCUT2D eigenvalue weighted by Crippen LogP contribution is 2.29. The number of aromatic amines is 1. The van der Waals surface area contributed by atoms with E-state index in [1.54, 1.807) is 24.4 Å². The number of aromatic nitrogens is 3. The third-order valence-corrected chi connectivity index (χ3v) is 4.15. The molecule has 2 aromatic carbocycles. The van der Waals surface area contributed by atoms with Gasteiger partial charge < -0.3 is 4.74 Å². The second kappa shape index (κ2) is 7.82. The average molecular weight is 393 g/mol. The molecular formula is C17H14Cl2N4OS. The molecule has 3 aromatic rings. The van der Waals surface area contributed by atoms with Crippen LogP contribution in [0.15, 0.2) is 47.6 Å². The fourth-order valence-electron chi connectivity index (χ4n) is 2.19.